The van der Waals surface area contributed by atoms with Crippen LogP contribution in [0.3, 0.4) is 0 Å². The van der Waals surface area contributed by atoms with Gasteiger partial charge in [0, 0.05) is 24.3 Å². The van der Waals surface area contributed by atoms with Gasteiger partial charge >= 0.3 is 0 Å². The van der Waals surface area contributed by atoms with Crippen molar-refractivity contribution in [1.29, 1.82) is 0 Å². The number of nitrogens with zero attached hydrogens (tertiary/aromatic N) is 1. The third-order valence-corrected chi connectivity index (χ3v) is 5.18. The maximum Gasteiger partial charge on any atom is 0.143 e. The minimum absolute atomic E-state index is 0.226. The standard InChI is InChI=1S/C19H25FN2O.C5H12/c1-13(23)12-22-18-7-8-19(22)10-15(9-18)11-21-14(2)16-3-5-17(20)6-4-16;1-5(2,3)4/h3-6,15,18-19,21H,2,7-12H2,1H3;1-4H3. The number of benzene rings is 1. The largest absolute Gasteiger partial charge is 0.385 e. The maximum atomic E-state index is 13.0. The lowest BCUT2D eigenvalue weighted by atomic mass is 9.90. The van der Waals surface area contributed by atoms with Crippen LogP contribution in [-0.2, 0) is 4.79 Å². The SMILES string of the molecule is C=C(NCC1CC2CCC(C1)N2CC(C)=O)c1ccc(F)cc1.CC(C)(C)C. The summed E-state index contributed by atoms with van der Waals surface area (Å²) in [4.78, 5) is 13.8. The van der Waals surface area contributed by atoms with Crippen molar-refractivity contribution in [2.45, 2.75) is 72.4 Å². The number of hydrogen-bond acceptors (Lipinski definition) is 3. The van der Waals surface area contributed by atoms with Crippen molar-refractivity contribution >= 4 is 11.5 Å². The van der Waals surface area contributed by atoms with Crippen LogP contribution in [0.25, 0.3) is 5.70 Å². The highest BCUT2D eigenvalue weighted by Crippen LogP contribution is 2.38. The fraction of sp³-hybridized carbons (Fsp3) is 0.625. The predicted molar refractivity (Wildman–Crippen MR) is 115 cm³/mol. The molecule has 2 unspecified atom stereocenters. The molecule has 0 aliphatic carbocycles. The maximum absolute atomic E-state index is 13.0. The first-order chi connectivity index (χ1) is 13.0. The predicted octanol–water partition coefficient (Wildman–Crippen LogP) is 5.27. The highest BCUT2D eigenvalue weighted by molar-refractivity contribution is 5.77. The average molecular weight is 389 g/mol. The molecule has 2 saturated heterocycles. The minimum Gasteiger partial charge on any atom is -0.385 e. The van der Waals surface area contributed by atoms with Gasteiger partial charge in [0.05, 0.1) is 6.54 Å². The Kier molecular flexibility index (Phi) is 7.82. The van der Waals surface area contributed by atoms with Crippen molar-refractivity contribution in [3.8, 4) is 0 Å². The molecule has 156 valence electrons. The molecule has 2 aliphatic rings. The average Bonchev–Trinajstić information content (AvgIpc) is 2.80. The van der Waals surface area contributed by atoms with E-state index in [1.165, 1.54) is 25.0 Å². The molecule has 3 rings (SSSR count). The molecule has 0 amide bonds. The number of ketones is 1. The molecular weight excluding hydrogens is 351 g/mol. The molecule has 1 N–H and O–H groups in total. The molecule has 2 atom stereocenters. The Balaban J connectivity index is 0.000000500. The van der Waals surface area contributed by atoms with Gasteiger partial charge in [-0.1, -0.05) is 46.4 Å². The van der Waals surface area contributed by atoms with E-state index in [-0.39, 0.29) is 11.6 Å². The highest BCUT2D eigenvalue weighted by atomic mass is 19.1. The van der Waals surface area contributed by atoms with E-state index < -0.39 is 0 Å². The fourth-order valence-electron chi connectivity index (χ4n) is 4.09. The van der Waals surface area contributed by atoms with Crippen LogP contribution < -0.4 is 5.32 Å². The smallest absolute Gasteiger partial charge is 0.143 e. The number of carbonyl (C=O) groups excluding carboxylic acids is 1. The van der Waals surface area contributed by atoms with Gasteiger partial charge in [0.2, 0.25) is 0 Å². The quantitative estimate of drug-likeness (QED) is 0.720. The van der Waals surface area contributed by atoms with Crippen molar-refractivity contribution in [2.24, 2.45) is 11.3 Å². The summed E-state index contributed by atoms with van der Waals surface area (Å²) in [6.45, 7) is 16.0. The summed E-state index contributed by atoms with van der Waals surface area (Å²) in [6, 6.07) is 7.55. The molecule has 0 radical (unpaired) electrons. The Hall–Kier alpha value is -1.68. The molecule has 2 heterocycles. The molecule has 2 aliphatic heterocycles. The van der Waals surface area contributed by atoms with Gasteiger partial charge in [-0.25, -0.2) is 4.39 Å². The molecule has 0 aromatic heterocycles. The Morgan fingerprint density at radius 2 is 1.64 bits per heavy atom. The second-order valence-corrected chi connectivity index (χ2v) is 9.96. The zero-order valence-electron chi connectivity index (χ0n) is 18.2. The van der Waals surface area contributed by atoms with E-state index in [0.29, 0.717) is 30.0 Å². The number of fused-ring (bicyclic) bond motifs is 2. The van der Waals surface area contributed by atoms with Gasteiger partial charge in [-0.3, -0.25) is 9.69 Å². The van der Waals surface area contributed by atoms with E-state index in [0.717, 1.165) is 30.6 Å². The van der Waals surface area contributed by atoms with Gasteiger partial charge in [-0.05, 0) is 61.6 Å². The van der Waals surface area contributed by atoms with E-state index in [9.17, 15) is 9.18 Å². The van der Waals surface area contributed by atoms with Gasteiger partial charge in [-0.15, -0.1) is 0 Å². The number of nitrogens with one attached hydrogen (secondary N) is 1. The summed E-state index contributed by atoms with van der Waals surface area (Å²) in [5.41, 5.74) is 2.28. The molecule has 1 aromatic rings. The van der Waals surface area contributed by atoms with E-state index in [1.807, 2.05) is 0 Å². The minimum atomic E-state index is -0.226. The molecule has 2 fully saturated rings. The van der Waals surface area contributed by atoms with Gasteiger partial charge in [0.1, 0.15) is 11.6 Å². The third-order valence-electron chi connectivity index (χ3n) is 5.18. The summed E-state index contributed by atoms with van der Waals surface area (Å²) in [7, 11) is 0. The van der Waals surface area contributed by atoms with Gasteiger partial charge in [0.25, 0.3) is 0 Å². The first-order valence-electron chi connectivity index (χ1n) is 10.5. The first-order valence-corrected chi connectivity index (χ1v) is 10.5. The lowest BCUT2D eigenvalue weighted by Gasteiger charge is -2.38. The number of Topliss-reactive ketones (excluding diaryl/α,β-unsaturated/α-hetero) is 1. The normalized spacial score (nSPS) is 24.3. The van der Waals surface area contributed by atoms with E-state index >= 15 is 0 Å². The fourth-order valence-corrected chi connectivity index (χ4v) is 4.09. The summed E-state index contributed by atoms with van der Waals surface area (Å²) in [5, 5.41) is 3.41. The number of piperidine rings is 1. The van der Waals surface area contributed by atoms with Gasteiger partial charge < -0.3 is 5.32 Å². The van der Waals surface area contributed by atoms with Gasteiger partial charge in [-0.2, -0.15) is 0 Å². The van der Waals surface area contributed by atoms with Crippen LogP contribution in [-0.4, -0.2) is 35.9 Å². The van der Waals surface area contributed by atoms with E-state index in [1.54, 1.807) is 19.1 Å². The number of hydrogen-bond donors (Lipinski definition) is 1. The molecule has 0 spiro atoms. The van der Waals surface area contributed by atoms with Crippen LogP contribution in [0, 0.1) is 17.2 Å². The summed E-state index contributed by atoms with van der Waals surface area (Å²) in [5.74, 6) is 0.659. The Bertz CT molecular complexity index is 642. The van der Waals surface area contributed by atoms with Crippen LogP contribution >= 0.6 is 0 Å². The third kappa shape index (κ3) is 7.38. The summed E-state index contributed by atoms with van der Waals surface area (Å²) in [6.07, 6.45) is 4.72. The van der Waals surface area contributed by atoms with Crippen LogP contribution in [0.2, 0.25) is 0 Å². The van der Waals surface area contributed by atoms with E-state index in [2.05, 4.69) is 44.5 Å². The van der Waals surface area contributed by atoms with Crippen molar-refractivity contribution in [3.05, 3.63) is 42.2 Å². The monoisotopic (exact) mass is 388 g/mol. The molecular formula is C24H37FN2O. The Morgan fingerprint density at radius 1 is 1.14 bits per heavy atom. The zero-order chi connectivity index (χ0) is 20.9. The summed E-state index contributed by atoms with van der Waals surface area (Å²) >= 11 is 0. The number of rotatable bonds is 6. The number of halogens is 1. The van der Waals surface area contributed by atoms with Crippen molar-refractivity contribution in [3.63, 3.8) is 0 Å². The van der Waals surface area contributed by atoms with E-state index in [4.69, 9.17) is 0 Å². The molecule has 2 bridgehead atoms. The van der Waals surface area contributed by atoms with Crippen LogP contribution in [0.15, 0.2) is 30.8 Å². The van der Waals surface area contributed by atoms with Crippen LogP contribution in [0.1, 0.15) is 65.9 Å². The highest BCUT2D eigenvalue weighted by Gasteiger charge is 2.40. The lowest BCUT2D eigenvalue weighted by Crippen LogP contribution is -2.46. The first kappa shape index (κ1) is 22.6. The van der Waals surface area contributed by atoms with Crippen molar-refractivity contribution < 1.29 is 9.18 Å². The molecule has 3 nitrogen and oxygen atoms in total. The molecule has 4 heteroatoms. The summed E-state index contributed by atoms with van der Waals surface area (Å²) < 4.78 is 13.0. The van der Waals surface area contributed by atoms with Crippen molar-refractivity contribution in [2.75, 3.05) is 13.1 Å². The molecule has 0 saturated carbocycles. The Morgan fingerprint density at radius 3 is 2.11 bits per heavy atom. The molecule has 28 heavy (non-hydrogen) atoms. The van der Waals surface area contributed by atoms with Gasteiger partial charge in [0.15, 0.2) is 0 Å². The lowest BCUT2D eigenvalue weighted by molar-refractivity contribution is -0.119. The Labute approximate surface area is 170 Å². The zero-order valence-corrected chi connectivity index (χ0v) is 18.2. The topological polar surface area (TPSA) is 32.3 Å². The second-order valence-electron chi connectivity index (χ2n) is 9.96. The second kappa shape index (κ2) is 9.69. The van der Waals surface area contributed by atoms with Crippen molar-refractivity contribution in [1.82, 2.24) is 10.2 Å². The van der Waals surface area contributed by atoms with Crippen LogP contribution in [0.4, 0.5) is 4.39 Å². The molecule has 1 aromatic carbocycles. The number of carbonyl (C=O) groups is 1. The van der Waals surface area contributed by atoms with Crippen LogP contribution in [0.5, 0.6) is 0 Å².